The highest BCUT2D eigenvalue weighted by atomic mass is 79.9. The Morgan fingerprint density at radius 2 is 1.96 bits per heavy atom. The van der Waals surface area contributed by atoms with Gasteiger partial charge in [0.15, 0.2) is 0 Å². The highest BCUT2D eigenvalue weighted by molar-refractivity contribution is 9.10. The number of benzene rings is 2. The van der Waals surface area contributed by atoms with Crippen molar-refractivity contribution in [1.82, 2.24) is 5.32 Å². The summed E-state index contributed by atoms with van der Waals surface area (Å²) in [6, 6.07) is 11.7. The summed E-state index contributed by atoms with van der Waals surface area (Å²) in [5, 5.41) is 16.7. The number of carbonyl (C=O) groups is 1. The van der Waals surface area contributed by atoms with E-state index < -0.39 is 4.92 Å². The van der Waals surface area contributed by atoms with Gasteiger partial charge in [-0.1, -0.05) is 34.1 Å². The molecule has 1 atom stereocenters. The minimum atomic E-state index is -0.514. The summed E-state index contributed by atoms with van der Waals surface area (Å²) in [4.78, 5) is 22.9. The van der Waals surface area contributed by atoms with Crippen LogP contribution in [-0.2, 0) is 0 Å². The van der Waals surface area contributed by atoms with Gasteiger partial charge in [-0.25, -0.2) is 0 Å². The molecule has 6 nitrogen and oxygen atoms in total. The second kappa shape index (κ2) is 7.23. The van der Waals surface area contributed by atoms with Gasteiger partial charge in [-0.15, -0.1) is 0 Å². The van der Waals surface area contributed by atoms with Crippen molar-refractivity contribution in [2.75, 3.05) is 12.4 Å². The molecule has 0 aliphatic carbocycles. The maximum atomic E-state index is 12.3. The van der Waals surface area contributed by atoms with Gasteiger partial charge in [0, 0.05) is 23.2 Å². The number of hydrogen-bond donors (Lipinski definition) is 2. The second-order valence-electron chi connectivity index (χ2n) is 4.96. The van der Waals surface area contributed by atoms with Crippen LogP contribution in [0.15, 0.2) is 46.9 Å². The number of nitro groups is 1. The molecule has 0 bridgehead atoms. The molecule has 0 spiro atoms. The number of nitro benzene ring substituents is 1. The standard InChI is InChI=1S/C16H16BrN3O3/c1-10(12-5-3-4-6-13(12)17)19-16(21)11-7-8-14(18-2)15(9-11)20(22)23/h3-10,18H,1-2H3,(H,19,21). The van der Waals surface area contributed by atoms with E-state index in [4.69, 9.17) is 0 Å². The Kier molecular flexibility index (Phi) is 5.33. The molecule has 1 unspecified atom stereocenters. The summed E-state index contributed by atoms with van der Waals surface area (Å²) in [7, 11) is 1.59. The zero-order valence-electron chi connectivity index (χ0n) is 12.7. The van der Waals surface area contributed by atoms with Crippen molar-refractivity contribution in [3.63, 3.8) is 0 Å². The van der Waals surface area contributed by atoms with Crippen molar-refractivity contribution in [2.45, 2.75) is 13.0 Å². The Hall–Kier alpha value is -2.41. The molecule has 0 fully saturated rings. The van der Waals surface area contributed by atoms with Gasteiger partial charge in [0.05, 0.1) is 11.0 Å². The molecule has 0 radical (unpaired) electrons. The van der Waals surface area contributed by atoms with Crippen LogP contribution >= 0.6 is 15.9 Å². The summed E-state index contributed by atoms with van der Waals surface area (Å²) in [6.07, 6.45) is 0. The Bertz CT molecular complexity index is 749. The Labute approximate surface area is 142 Å². The van der Waals surface area contributed by atoms with Gasteiger partial charge in [-0.3, -0.25) is 14.9 Å². The van der Waals surface area contributed by atoms with Crippen LogP contribution in [0.5, 0.6) is 0 Å². The smallest absolute Gasteiger partial charge is 0.293 e. The number of nitrogens with one attached hydrogen (secondary N) is 2. The average molecular weight is 378 g/mol. The minimum absolute atomic E-state index is 0.131. The lowest BCUT2D eigenvalue weighted by molar-refractivity contribution is -0.384. The van der Waals surface area contributed by atoms with Gasteiger partial charge < -0.3 is 10.6 Å². The number of carbonyl (C=O) groups excluding carboxylic acids is 1. The van der Waals surface area contributed by atoms with Gasteiger partial charge in [-0.05, 0) is 30.7 Å². The predicted molar refractivity (Wildman–Crippen MR) is 92.7 cm³/mol. The van der Waals surface area contributed by atoms with E-state index >= 15 is 0 Å². The predicted octanol–water partition coefficient (Wildman–Crippen LogP) is 3.89. The van der Waals surface area contributed by atoms with Gasteiger partial charge in [0.25, 0.3) is 11.6 Å². The highest BCUT2D eigenvalue weighted by Gasteiger charge is 2.18. The lowest BCUT2D eigenvalue weighted by Crippen LogP contribution is -2.27. The van der Waals surface area contributed by atoms with Crippen molar-refractivity contribution in [1.29, 1.82) is 0 Å². The summed E-state index contributed by atoms with van der Waals surface area (Å²) < 4.78 is 0.893. The van der Waals surface area contributed by atoms with Gasteiger partial charge in [-0.2, -0.15) is 0 Å². The maximum Gasteiger partial charge on any atom is 0.293 e. The van der Waals surface area contributed by atoms with Crippen molar-refractivity contribution in [2.24, 2.45) is 0 Å². The number of rotatable bonds is 5. The average Bonchev–Trinajstić information content (AvgIpc) is 2.54. The lowest BCUT2D eigenvalue weighted by Gasteiger charge is -2.16. The molecule has 2 aromatic rings. The van der Waals surface area contributed by atoms with E-state index in [9.17, 15) is 14.9 Å². The minimum Gasteiger partial charge on any atom is -0.383 e. The van der Waals surface area contributed by atoms with Crippen LogP contribution in [-0.4, -0.2) is 17.9 Å². The Morgan fingerprint density at radius 3 is 2.57 bits per heavy atom. The quantitative estimate of drug-likeness (QED) is 0.611. The number of halogens is 1. The van der Waals surface area contributed by atoms with Crippen LogP contribution in [0.3, 0.4) is 0 Å². The molecule has 0 saturated heterocycles. The molecule has 23 heavy (non-hydrogen) atoms. The van der Waals surface area contributed by atoms with E-state index in [-0.39, 0.29) is 23.2 Å². The molecule has 1 amide bonds. The summed E-state index contributed by atoms with van der Waals surface area (Å²) >= 11 is 3.44. The van der Waals surface area contributed by atoms with E-state index in [1.807, 2.05) is 31.2 Å². The summed E-state index contributed by atoms with van der Waals surface area (Å²) in [6.45, 7) is 1.86. The SMILES string of the molecule is CNc1ccc(C(=O)NC(C)c2ccccc2Br)cc1[N+](=O)[O-]. The molecule has 2 rings (SSSR count). The van der Waals surface area contributed by atoms with Crippen LogP contribution in [0.4, 0.5) is 11.4 Å². The fourth-order valence-corrected chi connectivity index (χ4v) is 2.85. The van der Waals surface area contributed by atoms with Crippen LogP contribution in [0.1, 0.15) is 28.9 Å². The van der Waals surface area contributed by atoms with Crippen molar-refractivity contribution in [3.05, 3.63) is 68.2 Å². The van der Waals surface area contributed by atoms with E-state index in [0.29, 0.717) is 5.69 Å². The second-order valence-corrected chi connectivity index (χ2v) is 5.81. The van der Waals surface area contributed by atoms with E-state index in [1.54, 1.807) is 13.1 Å². The third-order valence-electron chi connectivity index (χ3n) is 3.45. The molecular weight excluding hydrogens is 362 g/mol. The largest absolute Gasteiger partial charge is 0.383 e. The molecule has 0 aliphatic rings. The first kappa shape index (κ1) is 17.0. The molecule has 0 aliphatic heterocycles. The number of hydrogen-bond acceptors (Lipinski definition) is 4. The topological polar surface area (TPSA) is 84.3 Å². The molecule has 7 heteroatoms. The van der Waals surface area contributed by atoms with Crippen LogP contribution < -0.4 is 10.6 Å². The Balaban J connectivity index is 2.22. The molecule has 2 aromatic carbocycles. The van der Waals surface area contributed by atoms with Gasteiger partial charge >= 0.3 is 0 Å². The van der Waals surface area contributed by atoms with E-state index in [1.165, 1.54) is 12.1 Å². The fraction of sp³-hybridized carbons (Fsp3) is 0.188. The van der Waals surface area contributed by atoms with Gasteiger partial charge in [0.1, 0.15) is 5.69 Å². The molecular formula is C16H16BrN3O3. The monoisotopic (exact) mass is 377 g/mol. The summed E-state index contributed by atoms with van der Waals surface area (Å²) in [5.74, 6) is -0.362. The number of nitrogens with zero attached hydrogens (tertiary/aromatic N) is 1. The fourth-order valence-electron chi connectivity index (χ4n) is 2.22. The molecule has 2 N–H and O–H groups in total. The van der Waals surface area contributed by atoms with Crippen LogP contribution in [0.2, 0.25) is 0 Å². The zero-order chi connectivity index (χ0) is 17.0. The third kappa shape index (κ3) is 3.87. The van der Waals surface area contributed by atoms with Crippen LogP contribution in [0.25, 0.3) is 0 Å². The third-order valence-corrected chi connectivity index (χ3v) is 4.17. The highest BCUT2D eigenvalue weighted by Crippen LogP contribution is 2.26. The van der Waals surface area contributed by atoms with Crippen molar-refractivity contribution in [3.8, 4) is 0 Å². The first-order valence-electron chi connectivity index (χ1n) is 6.95. The van der Waals surface area contributed by atoms with Gasteiger partial charge in [0.2, 0.25) is 0 Å². The lowest BCUT2D eigenvalue weighted by atomic mass is 10.1. The molecule has 0 heterocycles. The van der Waals surface area contributed by atoms with Crippen molar-refractivity contribution >= 4 is 33.2 Å². The summed E-state index contributed by atoms with van der Waals surface area (Å²) in [5.41, 5.74) is 1.41. The maximum absolute atomic E-state index is 12.3. The normalized spacial score (nSPS) is 11.6. The molecule has 0 saturated carbocycles. The molecule has 0 aromatic heterocycles. The van der Waals surface area contributed by atoms with Crippen molar-refractivity contribution < 1.29 is 9.72 Å². The van der Waals surface area contributed by atoms with E-state index in [2.05, 4.69) is 26.6 Å². The number of anilines is 1. The number of amides is 1. The van der Waals surface area contributed by atoms with E-state index in [0.717, 1.165) is 10.0 Å². The zero-order valence-corrected chi connectivity index (χ0v) is 14.3. The first-order valence-corrected chi connectivity index (χ1v) is 7.74. The Morgan fingerprint density at radius 1 is 1.26 bits per heavy atom. The van der Waals surface area contributed by atoms with Crippen LogP contribution in [0, 0.1) is 10.1 Å². The molecule has 120 valence electrons. The first-order chi connectivity index (χ1) is 10.9.